The van der Waals surface area contributed by atoms with Crippen molar-refractivity contribution in [2.24, 2.45) is 0 Å². The molecule has 0 bridgehead atoms. The number of aromatic nitrogens is 3. The van der Waals surface area contributed by atoms with Crippen molar-refractivity contribution in [2.75, 3.05) is 5.32 Å². The molecule has 21 heavy (non-hydrogen) atoms. The molecule has 1 aromatic carbocycles. The first-order valence-corrected chi connectivity index (χ1v) is 6.53. The predicted octanol–water partition coefficient (Wildman–Crippen LogP) is 2.35. The normalized spacial score (nSPS) is 10.5. The summed E-state index contributed by atoms with van der Waals surface area (Å²) in [7, 11) is 0. The van der Waals surface area contributed by atoms with Crippen LogP contribution in [0.4, 0.5) is 5.82 Å². The van der Waals surface area contributed by atoms with Gasteiger partial charge in [-0.3, -0.25) is 4.79 Å². The number of carbonyl (C=O) groups is 1. The zero-order chi connectivity index (χ0) is 14.7. The number of nitrogens with zero attached hydrogens (tertiary/aromatic N) is 3. The van der Waals surface area contributed by atoms with Crippen molar-refractivity contribution in [1.29, 1.82) is 0 Å². The number of hydrogen-bond acceptors (Lipinski definition) is 4. The smallest absolute Gasteiger partial charge is 0.231 e. The first-order valence-electron chi connectivity index (χ1n) is 6.53. The summed E-state index contributed by atoms with van der Waals surface area (Å²) in [5.74, 6) is 0.499. The Morgan fingerprint density at radius 2 is 2.10 bits per heavy atom. The molecule has 0 fully saturated rings. The average molecular weight is 282 g/mol. The van der Waals surface area contributed by atoms with Crippen molar-refractivity contribution in [2.45, 2.75) is 13.3 Å². The molecule has 106 valence electrons. The largest absolute Gasteiger partial charge is 0.364 e. The highest BCUT2D eigenvalue weighted by Gasteiger charge is 2.13. The highest BCUT2D eigenvalue weighted by Crippen LogP contribution is 2.19. The third-order valence-corrected chi connectivity index (χ3v) is 3.04. The molecular weight excluding hydrogens is 268 g/mol. The summed E-state index contributed by atoms with van der Waals surface area (Å²) < 4.78 is 6.42. The molecule has 6 heteroatoms. The van der Waals surface area contributed by atoms with Gasteiger partial charge in [0.05, 0.1) is 24.0 Å². The Hall–Kier alpha value is -2.89. The lowest BCUT2D eigenvalue weighted by Gasteiger charge is -2.09. The molecule has 0 saturated carbocycles. The molecule has 1 amide bonds. The molecule has 1 N–H and O–H groups in total. The lowest BCUT2D eigenvalue weighted by Crippen LogP contribution is -2.18. The molecule has 2 aromatic heterocycles. The van der Waals surface area contributed by atoms with Crippen molar-refractivity contribution in [3.8, 4) is 5.69 Å². The molecule has 2 heterocycles. The maximum atomic E-state index is 12.1. The number of carbonyl (C=O) groups excluding carboxylic acids is 1. The van der Waals surface area contributed by atoms with Gasteiger partial charge in [-0.2, -0.15) is 5.10 Å². The van der Waals surface area contributed by atoms with E-state index in [2.05, 4.69) is 15.6 Å². The first-order chi connectivity index (χ1) is 10.2. The number of rotatable bonds is 4. The van der Waals surface area contributed by atoms with Crippen LogP contribution in [0.1, 0.15) is 11.3 Å². The number of aryl methyl sites for hydroxylation is 1. The molecule has 0 saturated heterocycles. The Morgan fingerprint density at radius 1 is 1.29 bits per heavy atom. The average Bonchev–Trinajstić information content (AvgIpc) is 3.11. The minimum absolute atomic E-state index is 0.162. The number of hydrogen-bond donors (Lipinski definition) is 1. The van der Waals surface area contributed by atoms with Crippen molar-refractivity contribution in [3.63, 3.8) is 0 Å². The molecule has 3 aromatic rings. The van der Waals surface area contributed by atoms with Crippen LogP contribution in [-0.4, -0.2) is 20.8 Å². The van der Waals surface area contributed by atoms with Gasteiger partial charge in [-0.1, -0.05) is 23.4 Å². The van der Waals surface area contributed by atoms with E-state index >= 15 is 0 Å². The zero-order valence-electron chi connectivity index (χ0n) is 11.5. The summed E-state index contributed by atoms with van der Waals surface area (Å²) in [6.45, 7) is 1.90. The summed E-state index contributed by atoms with van der Waals surface area (Å²) in [5, 5.41) is 10.9. The van der Waals surface area contributed by atoms with Gasteiger partial charge < -0.3 is 9.84 Å². The van der Waals surface area contributed by atoms with Crippen molar-refractivity contribution >= 4 is 11.7 Å². The van der Waals surface area contributed by atoms with Gasteiger partial charge in [0.15, 0.2) is 0 Å². The van der Waals surface area contributed by atoms with E-state index in [4.69, 9.17) is 4.52 Å². The van der Waals surface area contributed by atoms with Crippen molar-refractivity contribution in [1.82, 2.24) is 14.9 Å². The van der Waals surface area contributed by atoms with Crippen LogP contribution in [0.25, 0.3) is 5.69 Å². The van der Waals surface area contributed by atoms with Crippen LogP contribution in [0.2, 0.25) is 0 Å². The fraction of sp³-hybridized carbons (Fsp3) is 0.133. The molecule has 6 nitrogen and oxygen atoms in total. The van der Waals surface area contributed by atoms with Crippen LogP contribution in [0, 0.1) is 6.92 Å². The number of amides is 1. The summed E-state index contributed by atoms with van der Waals surface area (Å²) >= 11 is 0. The summed E-state index contributed by atoms with van der Waals surface area (Å²) in [5.41, 5.74) is 2.38. The van der Waals surface area contributed by atoms with E-state index in [9.17, 15) is 4.79 Å². The molecule has 0 unspecified atom stereocenters. The Kier molecular flexibility index (Phi) is 3.51. The monoisotopic (exact) mass is 282 g/mol. The second kappa shape index (κ2) is 5.62. The SMILES string of the molecule is Cc1cnn(-c2ccccc2)c1NC(=O)Cc1ccon1. The van der Waals surface area contributed by atoms with E-state index in [1.807, 2.05) is 37.3 Å². The van der Waals surface area contributed by atoms with E-state index < -0.39 is 0 Å². The highest BCUT2D eigenvalue weighted by molar-refractivity contribution is 5.92. The zero-order valence-corrected chi connectivity index (χ0v) is 11.5. The number of nitrogens with one attached hydrogen (secondary N) is 1. The minimum atomic E-state index is -0.162. The maximum absolute atomic E-state index is 12.1. The topological polar surface area (TPSA) is 73.0 Å². The Bertz CT molecular complexity index is 732. The van der Waals surface area contributed by atoms with E-state index in [0.29, 0.717) is 11.5 Å². The third kappa shape index (κ3) is 2.84. The van der Waals surface area contributed by atoms with Gasteiger partial charge in [-0.25, -0.2) is 4.68 Å². The minimum Gasteiger partial charge on any atom is -0.364 e. The fourth-order valence-corrected chi connectivity index (χ4v) is 2.02. The van der Waals surface area contributed by atoms with Crippen molar-refractivity contribution < 1.29 is 9.32 Å². The van der Waals surface area contributed by atoms with Crippen LogP contribution in [0.5, 0.6) is 0 Å². The van der Waals surface area contributed by atoms with Gasteiger partial charge in [0.25, 0.3) is 0 Å². The Labute approximate surface area is 121 Å². The molecule has 0 aliphatic rings. The molecule has 0 aliphatic heterocycles. The van der Waals surface area contributed by atoms with E-state index in [0.717, 1.165) is 11.3 Å². The van der Waals surface area contributed by atoms with E-state index in [1.165, 1.54) is 6.26 Å². The summed E-state index contributed by atoms with van der Waals surface area (Å²) in [6.07, 6.45) is 3.33. The van der Waals surface area contributed by atoms with Crippen LogP contribution in [-0.2, 0) is 11.2 Å². The maximum Gasteiger partial charge on any atom is 0.231 e. The van der Waals surface area contributed by atoms with Crippen LogP contribution < -0.4 is 5.32 Å². The second-order valence-corrected chi connectivity index (χ2v) is 4.64. The molecular formula is C15H14N4O2. The molecule has 0 aliphatic carbocycles. The van der Waals surface area contributed by atoms with Gasteiger partial charge in [-0.05, 0) is 19.1 Å². The third-order valence-electron chi connectivity index (χ3n) is 3.04. The fourth-order valence-electron chi connectivity index (χ4n) is 2.02. The number of para-hydroxylation sites is 1. The highest BCUT2D eigenvalue weighted by atomic mass is 16.5. The summed E-state index contributed by atoms with van der Waals surface area (Å²) in [6, 6.07) is 11.3. The second-order valence-electron chi connectivity index (χ2n) is 4.64. The van der Waals surface area contributed by atoms with Gasteiger partial charge in [-0.15, -0.1) is 0 Å². The lowest BCUT2D eigenvalue weighted by atomic mass is 10.3. The van der Waals surface area contributed by atoms with Crippen LogP contribution in [0.3, 0.4) is 0 Å². The predicted molar refractivity (Wildman–Crippen MR) is 77.1 cm³/mol. The van der Waals surface area contributed by atoms with Crippen LogP contribution in [0.15, 0.2) is 53.4 Å². The Morgan fingerprint density at radius 3 is 2.81 bits per heavy atom. The molecule has 0 atom stereocenters. The molecule has 0 spiro atoms. The van der Waals surface area contributed by atoms with Crippen molar-refractivity contribution in [3.05, 3.63) is 60.1 Å². The lowest BCUT2D eigenvalue weighted by molar-refractivity contribution is -0.115. The van der Waals surface area contributed by atoms with Gasteiger partial charge in [0.1, 0.15) is 12.1 Å². The Balaban J connectivity index is 1.82. The van der Waals surface area contributed by atoms with Gasteiger partial charge in [0, 0.05) is 11.6 Å². The number of benzene rings is 1. The van der Waals surface area contributed by atoms with Crippen LogP contribution >= 0.6 is 0 Å². The molecule has 0 radical (unpaired) electrons. The summed E-state index contributed by atoms with van der Waals surface area (Å²) in [4.78, 5) is 12.1. The molecule has 3 rings (SSSR count). The van der Waals surface area contributed by atoms with Gasteiger partial charge in [0.2, 0.25) is 5.91 Å². The first kappa shape index (κ1) is 13.1. The van der Waals surface area contributed by atoms with Gasteiger partial charge >= 0.3 is 0 Å². The number of anilines is 1. The standard InChI is InChI=1S/C15H14N4O2/c1-11-10-16-19(13-5-3-2-4-6-13)15(11)17-14(20)9-12-7-8-21-18-12/h2-8,10H,9H2,1H3,(H,17,20). The quantitative estimate of drug-likeness (QED) is 0.797. The van der Waals surface area contributed by atoms with E-state index in [-0.39, 0.29) is 12.3 Å². The van der Waals surface area contributed by atoms with E-state index in [1.54, 1.807) is 16.9 Å².